The Hall–Kier alpha value is -1.81. The fourth-order valence-electron chi connectivity index (χ4n) is 1.63. The largest absolute Gasteiger partial charge is 0.243 e. The van der Waals surface area contributed by atoms with Gasteiger partial charge >= 0.3 is 0 Å². The van der Waals surface area contributed by atoms with Crippen LogP contribution in [0.1, 0.15) is 0 Å². The zero-order valence-electron chi connectivity index (χ0n) is 8.84. The fourth-order valence-corrected chi connectivity index (χ4v) is 1.95. The smallest absolute Gasteiger partial charge is 0.178 e. The normalized spacial score (nSPS) is 10.6. The van der Waals surface area contributed by atoms with Crippen LogP contribution in [0.5, 0.6) is 0 Å². The second-order valence-corrected chi connectivity index (χ2v) is 4.53. The molecule has 0 unspecified atom stereocenters. The molecule has 0 radical (unpaired) electrons. The molecule has 0 spiro atoms. The van der Waals surface area contributed by atoms with Gasteiger partial charge in [0, 0.05) is 16.2 Å². The molecule has 0 aliphatic heterocycles. The maximum Gasteiger partial charge on any atom is 0.178 e. The van der Waals surface area contributed by atoms with Gasteiger partial charge in [0.2, 0.25) is 0 Å². The van der Waals surface area contributed by atoms with Crippen molar-refractivity contribution in [2.24, 2.45) is 0 Å². The summed E-state index contributed by atoms with van der Waals surface area (Å²) >= 11 is 3.38. The molecule has 0 saturated heterocycles. The molecular weight excluding hydrogens is 278 g/mol. The number of benzene rings is 1. The van der Waals surface area contributed by atoms with Crippen molar-refractivity contribution in [1.82, 2.24) is 15.0 Å². The summed E-state index contributed by atoms with van der Waals surface area (Å²) in [5, 5.41) is 0. The van der Waals surface area contributed by atoms with E-state index < -0.39 is 0 Å². The summed E-state index contributed by atoms with van der Waals surface area (Å²) in [6, 6.07) is 11.9. The third kappa shape index (κ3) is 2.03. The van der Waals surface area contributed by atoms with E-state index in [1.807, 2.05) is 36.4 Å². The Kier molecular flexibility index (Phi) is 2.57. The summed E-state index contributed by atoms with van der Waals surface area (Å²) in [6.07, 6.45) is 3.47. The number of fused-ring (bicyclic) bond motifs is 1. The van der Waals surface area contributed by atoms with Gasteiger partial charge in [0.25, 0.3) is 0 Å². The molecule has 3 nitrogen and oxygen atoms in total. The van der Waals surface area contributed by atoms with Gasteiger partial charge in [-0.3, -0.25) is 0 Å². The van der Waals surface area contributed by atoms with Crippen LogP contribution in [0.25, 0.3) is 22.4 Å². The third-order valence-corrected chi connectivity index (χ3v) is 2.87. The van der Waals surface area contributed by atoms with Crippen LogP contribution in [0.2, 0.25) is 0 Å². The quantitative estimate of drug-likeness (QED) is 0.687. The molecule has 0 amide bonds. The Morgan fingerprint density at radius 3 is 2.53 bits per heavy atom. The average molecular weight is 286 g/mol. The maximum atomic E-state index is 4.55. The van der Waals surface area contributed by atoms with Crippen molar-refractivity contribution < 1.29 is 0 Å². The van der Waals surface area contributed by atoms with Gasteiger partial charge in [-0.2, -0.15) is 0 Å². The lowest BCUT2D eigenvalue weighted by molar-refractivity contribution is 1.22. The van der Waals surface area contributed by atoms with Gasteiger partial charge in [-0.05, 0) is 22.0 Å². The van der Waals surface area contributed by atoms with E-state index in [1.54, 1.807) is 12.4 Å². The first-order chi connectivity index (χ1) is 8.33. The molecule has 0 aliphatic rings. The van der Waals surface area contributed by atoms with E-state index >= 15 is 0 Å². The van der Waals surface area contributed by atoms with Gasteiger partial charge in [0.15, 0.2) is 5.65 Å². The Bertz CT molecular complexity index is 668. The van der Waals surface area contributed by atoms with E-state index in [-0.39, 0.29) is 0 Å². The summed E-state index contributed by atoms with van der Waals surface area (Å²) in [5.41, 5.74) is 3.37. The van der Waals surface area contributed by atoms with Gasteiger partial charge < -0.3 is 0 Å². The molecule has 82 valence electrons. The lowest BCUT2D eigenvalue weighted by Crippen LogP contribution is -1.90. The summed E-state index contributed by atoms with van der Waals surface area (Å²) in [6.45, 7) is 0. The molecule has 2 heterocycles. The summed E-state index contributed by atoms with van der Waals surface area (Å²) < 4.78 is 0.907. The number of pyridine rings is 1. The number of halogens is 1. The van der Waals surface area contributed by atoms with Crippen LogP contribution in [0.15, 0.2) is 53.3 Å². The third-order valence-electron chi connectivity index (χ3n) is 2.43. The van der Waals surface area contributed by atoms with E-state index in [0.29, 0.717) is 5.65 Å². The number of hydrogen-bond donors (Lipinski definition) is 0. The maximum absolute atomic E-state index is 4.55. The number of rotatable bonds is 1. The van der Waals surface area contributed by atoms with Crippen LogP contribution in [-0.2, 0) is 0 Å². The van der Waals surface area contributed by atoms with Crippen molar-refractivity contribution in [3.8, 4) is 11.3 Å². The van der Waals surface area contributed by atoms with Crippen molar-refractivity contribution in [2.45, 2.75) is 0 Å². The topological polar surface area (TPSA) is 38.7 Å². The lowest BCUT2D eigenvalue weighted by Gasteiger charge is -2.02. The lowest BCUT2D eigenvalue weighted by atomic mass is 10.2. The molecule has 4 heteroatoms. The van der Waals surface area contributed by atoms with E-state index in [1.165, 1.54) is 0 Å². The molecule has 3 aromatic rings. The SMILES string of the molecule is Brc1cnc2ncc(-c3ccccc3)nc2c1. The van der Waals surface area contributed by atoms with Crippen LogP contribution >= 0.6 is 15.9 Å². The van der Waals surface area contributed by atoms with E-state index in [9.17, 15) is 0 Å². The molecule has 2 aromatic heterocycles. The van der Waals surface area contributed by atoms with Crippen LogP contribution in [0.4, 0.5) is 0 Å². The van der Waals surface area contributed by atoms with Gasteiger partial charge in [-0.1, -0.05) is 30.3 Å². The number of hydrogen-bond acceptors (Lipinski definition) is 3. The monoisotopic (exact) mass is 285 g/mol. The molecule has 0 aliphatic carbocycles. The summed E-state index contributed by atoms with van der Waals surface area (Å²) in [5.74, 6) is 0. The highest BCUT2D eigenvalue weighted by Gasteiger charge is 2.03. The van der Waals surface area contributed by atoms with Crippen molar-refractivity contribution in [1.29, 1.82) is 0 Å². The molecule has 17 heavy (non-hydrogen) atoms. The first kappa shape index (κ1) is 10.4. The highest BCUT2D eigenvalue weighted by Crippen LogP contribution is 2.19. The van der Waals surface area contributed by atoms with Crippen molar-refractivity contribution in [2.75, 3.05) is 0 Å². The first-order valence-electron chi connectivity index (χ1n) is 5.17. The number of aromatic nitrogens is 3. The molecule has 3 rings (SSSR count). The predicted molar refractivity (Wildman–Crippen MR) is 70.5 cm³/mol. The zero-order valence-corrected chi connectivity index (χ0v) is 10.4. The van der Waals surface area contributed by atoms with Gasteiger partial charge in [-0.25, -0.2) is 15.0 Å². The highest BCUT2D eigenvalue weighted by atomic mass is 79.9. The van der Waals surface area contributed by atoms with Gasteiger partial charge in [0.1, 0.15) is 5.52 Å². The molecule has 1 aromatic carbocycles. The highest BCUT2D eigenvalue weighted by molar-refractivity contribution is 9.10. The van der Waals surface area contributed by atoms with Crippen LogP contribution in [0.3, 0.4) is 0 Å². The molecule has 0 atom stereocenters. The molecule has 0 N–H and O–H groups in total. The van der Waals surface area contributed by atoms with Crippen molar-refractivity contribution >= 4 is 27.1 Å². The minimum absolute atomic E-state index is 0.660. The van der Waals surface area contributed by atoms with Crippen LogP contribution < -0.4 is 0 Å². The predicted octanol–water partition coefficient (Wildman–Crippen LogP) is 3.45. The minimum atomic E-state index is 0.660. The second-order valence-electron chi connectivity index (χ2n) is 3.62. The Morgan fingerprint density at radius 2 is 1.71 bits per heavy atom. The second kappa shape index (κ2) is 4.22. The van der Waals surface area contributed by atoms with Crippen LogP contribution in [-0.4, -0.2) is 15.0 Å². The van der Waals surface area contributed by atoms with E-state index in [4.69, 9.17) is 0 Å². The standard InChI is InChI=1S/C13H8BrN3/c14-10-6-11-13(15-7-10)16-8-12(17-11)9-4-2-1-3-5-9/h1-8H. The minimum Gasteiger partial charge on any atom is -0.243 e. The summed E-state index contributed by atoms with van der Waals surface area (Å²) in [4.78, 5) is 13.1. The Morgan fingerprint density at radius 1 is 0.941 bits per heavy atom. The van der Waals surface area contributed by atoms with Crippen LogP contribution in [0, 0.1) is 0 Å². The fraction of sp³-hybridized carbons (Fsp3) is 0. The number of nitrogens with zero attached hydrogens (tertiary/aromatic N) is 3. The van der Waals surface area contributed by atoms with E-state index in [0.717, 1.165) is 21.2 Å². The van der Waals surface area contributed by atoms with Crippen molar-refractivity contribution in [3.05, 3.63) is 53.3 Å². The molecule has 0 fully saturated rings. The average Bonchev–Trinajstić information content (AvgIpc) is 2.39. The van der Waals surface area contributed by atoms with Gasteiger partial charge in [0.05, 0.1) is 11.9 Å². The molecule has 0 saturated carbocycles. The molecule has 0 bridgehead atoms. The zero-order chi connectivity index (χ0) is 11.7. The Labute approximate surface area is 107 Å². The Balaban J connectivity index is 2.19. The van der Waals surface area contributed by atoms with Crippen molar-refractivity contribution in [3.63, 3.8) is 0 Å². The first-order valence-corrected chi connectivity index (χ1v) is 5.96. The summed E-state index contributed by atoms with van der Waals surface area (Å²) in [7, 11) is 0. The van der Waals surface area contributed by atoms with Gasteiger partial charge in [-0.15, -0.1) is 0 Å². The van der Waals surface area contributed by atoms with E-state index in [2.05, 4.69) is 30.9 Å². The molecular formula is C13H8BrN3.